The predicted molar refractivity (Wildman–Crippen MR) is 93.3 cm³/mol. The van der Waals surface area contributed by atoms with Gasteiger partial charge in [-0.25, -0.2) is 4.79 Å². The molecule has 0 radical (unpaired) electrons. The van der Waals surface area contributed by atoms with Gasteiger partial charge in [-0.3, -0.25) is 0 Å². The molecule has 0 saturated heterocycles. The van der Waals surface area contributed by atoms with Crippen LogP contribution in [0, 0.1) is 5.92 Å². The van der Waals surface area contributed by atoms with Gasteiger partial charge in [0.25, 0.3) is 0 Å². The Labute approximate surface area is 136 Å². The van der Waals surface area contributed by atoms with Gasteiger partial charge in [0.1, 0.15) is 10.6 Å². The van der Waals surface area contributed by atoms with Crippen LogP contribution in [0.4, 0.5) is 5.00 Å². The molecule has 0 aliphatic rings. The first-order valence-electron chi connectivity index (χ1n) is 7.55. The number of ether oxygens (including phenoxy) is 1. The zero-order chi connectivity index (χ0) is 16.3. The zero-order valence-electron chi connectivity index (χ0n) is 13.6. The van der Waals surface area contributed by atoms with Gasteiger partial charge in [0.15, 0.2) is 0 Å². The van der Waals surface area contributed by atoms with Crippen LogP contribution in [0.15, 0.2) is 29.6 Å². The Morgan fingerprint density at radius 1 is 1.18 bits per heavy atom. The van der Waals surface area contributed by atoms with E-state index in [4.69, 9.17) is 10.5 Å². The van der Waals surface area contributed by atoms with Crippen LogP contribution in [0.1, 0.15) is 43.6 Å². The molecule has 0 spiro atoms. The lowest BCUT2D eigenvalue weighted by atomic mass is 9.98. The minimum atomic E-state index is -0.352. The normalized spacial score (nSPS) is 11.2. The first kappa shape index (κ1) is 16.6. The molecule has 4 heteroatoms. The van der Waals surface area contributed by atoms with Crippen molar-refractivity contribution in [2.75, 3.05) is 5.73 Å². The summed E-state index contributed by atoms with van der Waals surface area (Å²) in [5.41, 5.74) is 9.60. The summed E-state index contributed by atoms with van der Waals surface area (Å²) in [7, 11) is 0. The van der Waals surface area contributed by atoms with Crippen molar-refractivity contribution in [3.63, 3.8) is 0 Å². The van der Waals surface area contributed by atoms with E-state index in [1.165, 1.54) is 16.9 Å². The summed E-state index contributed by atoms with van der Waals surface area (Å²) in [4.78, 5) is 12.2. The zero-order valence-corrected chi connectivity index (χ0v) is 14.4. The van der Waals surface area contributed by atoms with Gasteiger partial charge in [0, 0.05) is 10.9 Å². The maximum atomic E-state index is 12.2. The van der Waals surface area contributed by atoms with Crippen LogP contribution < -0.4 is 5.73 Å². The number of carbonyl (C=O) groups excluding carboxylic acids is 1. The SMILES string of the molecule is CC(C)Cc1ccc(-c2csc(N)c2C(=O)OC(C)C)cc1. The highest BCUT2D eigenvalue weighted by Crippen LogP contribution is 2.34. The van der Waals surface area contributed by atoms with Crippen LogP contribution in [0.3, 0.4) is 0 Å². The second kappa shape index (κ2) is 6.97. The third-order valence-electron chi connectivity index (χ3n) is 3.28. The number of benzene rings is 1. The second-order valence-electron chi connectivity index (χ2n) is 6.14. The fraction of sp³-hybridized carbons (Fsp3) is 0.389. The van der Waals surface area contributed by atoms with Crippen LogP contribution in [-0.2, 0) is 11.2 Å². The van der Waals surface area contributed by atoms with Crippen molar-refractivity contribution in [2.45, 2.75) is 40.2 Å². The average molecular weight is 317 g/mol. The Balaban J connectivity index is 2.31. The minimum Gasteiger partial charge on any atom is -0.459 e. The largest absolute Gasteiger partial charge is 0.459 e. The number of thiophene rings is 1. The van der Waals surface area contributed by atoms with Gasteiger partial charge in [0.05, 0.1) is 6.10 Å². The smallest absolute Gasteiger partial charge is 0.342 e. The van der Waals surface area contributed by atoms with E-state index in [2.05, 4.69) is 26.0 Å². The molecule has 3 nitrogen and oxygen atoms in total. The van der Waals surface area contributed by atoms with E-state index in [0.717, 1.165) is 17.5 Å². The molecule has 1 aromatic carbocycles. The molecule has 0 aliphatic carbocycles. The molecule has 2 aromatic rings. The van der Waals surface area contributed by atoms with Crippen LogP contribution >= 0.6 is 11.3 Å². The van der Waals surface area contributed by atoms with Crippen molar-refractivity contribution < 1.29 is 9.53 Å². The van der Waals surface area contributed by atoms with Crippen molar-refractivity contribution in [1.29, 1.82) is 0 Å². The van der Waals surface area contributed by atoms with Crippen LogP contribution in [-0.4, -0.2) is 12.1 Å². The summed E-state index contributed by atoms with van der Waals surface area (Å²) in [6, 6.07) is 8.32. The van der Waals surface area contributed by atoms with Gasteiger partial charge in [-0.2, -0.15) is 0 Å². The quantitative estimate of drug-likeness (QED) is 0.809. The third-order valence-corrected chi connectivity index (χ3v) is 4.09. The van der Waals surface area contributed by atoms with E-state index in [1.807, 2.05) is 31.4 Å². The molecule has 1 aromatic heterocycles. The summed E-state index contributed by atoms with van der Waals surface area (Å²) < 4.78 is 5.30. The van der Waals surface area contributed by atoms with Crippen LogP contribution in [0.2, 0.25) is 0 Å². The van der Waals surface area contributed by atoms with Crippen molar-refractivity contribution in [1.82, 2.24) is 0 Å². The standard InChI is InChI=1S/C18H23NO2S/c1-11(2)9-13-5-7-14(8-6-13)15-10-22-17(19)16(15)18(20)21-12(3)4/h5-8,10-12H,9,19H2,1-4H3. The molecule has 0 amide bonds. The Morgan fingerprint density at radius 2 is 1.82 bits per heavy atom. The maximum absolute atomic E-state index is 12.2. The second-order valence-corrected chi connectivity index (χ2v) is 7.05. The van der Waals surface area contributed by atoms with Gasteiger partial charge in [-0.15, -0.1) is 11.3 Å². The summed E-state index contributed by atoms with van der Waals surface area (Å²) in [5.74, 6) is 0.272. The van der Waals surface area contributed by atoms with Gasteiger partial charge in [0.2, 0.25) is 0 Å². The van der Waals surface area contributed by atoms with E-state index in [0.29, 0.717) is 16.5 Å². The van der Waals surface area contributed by atoms with E-state index >= 15 is 0 Å². The fourth-order valence-corrected chi connectivity index (χ4v) is 3.17. The lowest BCUT2D eigenvalue weighted by Crippen LogP contribution is -2.13. The van der Waals surface area contributed by atoms with Crippen LogP contribution in [0.5, 0.6) is 0 Å². The molecule has 0 unspecified atom stereocenters. The number of nitrogens with two attached hydrogens (primary N) is 1. The third kappa shape index (κ3) is 3.89. The first-order chi connectivity index (χ1) is 10.4. The summed E-state index contributed by atoms with van der Waals surface area (Å²) in [5, 5.41) is 2.43. The van der Waals surface area contributed by atoms with Crippen molar-refractivity contribution in [3.8, 4) is 11.1 Å². The molecular formula is C18H23NO2S. The molecule has 1 heterocycles. The highest BCUT2D eigenvalue weighted by molar-refractivity contribution is 7.14. The lowest BCUT2D eigenvalue weighted by molar-refractivity contribution is 0.0380. The molecule has 118 valence electrons. The minimum absolute atomic E-state index is 0.159. The molecule has 22 heavy (non-hydrogen) atoms. The fourth-order valence-electron chi connectivity index (χ4n) is 2.36. The summed E-state index contributed by atoms with van der Waals surface area (Å²) in [6.45, 7) is 8.07. The number of anilines is 1. The highest BCUT2D eigenvalue weighted by atomic mass is 32.1. The molecule has 0 bridgehead atoms. The van der Waals surface area contributed by atoms with E-state index in [9.17, 15) is 4.79 Å². The molecule has 0 fully saturated rings. The Morgan fingerprint density at radius 3 is 2.36 bits per heavy atom. The number of hydrogen-bond acceptors (Lipinski definition) is 4. The van der Waals surface area contributed by atoms with Gasteiger partial charge < -0.3 is 10.5 Å². The number of esters is 1. The molecular weight excluding hydrogens is 294 g/mol. The van der Waals surface area contributed by atoms with E-state index in [1.54, 1.807) is 0 Å². The van der Waals surface area contributed by atoms with Crippen molar-refractivity contribution in [3.05, 3.63) is 40.8 Å². The van der Waals surface area contributed by atoms with E-state index in [-0.39, 0.29) is 12.1 Å². The van der Waals surface area contributed by atoms with Crippen LogP contribution in [0.25, 0.3) is 11.1 Å². The van der Waals surface area contributed by atoms with Gasteiger partial charge in [-0.05, 0) is 37.3 Å². The molecule has 2 N–H and O–H groups in total. The summed E-state index contributed by atoms with van der Waals surface area (Å²) >= 11 is 1.37. The van der Waals surface area contributed by atoms with E-state index < -0.39 is 0 Å². The Bertz CT molecular complexity index is 642. The number of carbonyl (C=O) groups is 1. The molecule has 0 saturated carbocycles. The molecule has 2 rings (SSSR count). The average Bonchev–Trinajstić information content (AvgIpc) is 2.80. The van der Waals surface area contributed by atoms with Gasteiger partial charge in [-0.1, -0.05) is 38.1 Å². The molecule has 0 atom stereocenters. The Kier molecular flexibility index (Phi) is 5.24. The van der Waals surface area contributed by atoms with Gasteiger partial charge >= 0.3 is 5.97 Å². The highest BCUT2D eigenvalue weighted by Gasteiger charge is 2.20. The topological polar surface area (TPSA) is 52.3 Å². The number of nitrogen functional groups attached to an aromatic ring is 1. The predicted octanol–water partition coefficient (Wildman–Crippen LogP) is 4.76. The Hall–Kier alpha value is -1.81. The maximum Gasteiger partial charge on any atom is 0.342 e. The summed E-state index contributed by atoms with van der Waals surface area (Å²) in [6.07, 6.45) is 0.891. The first-order valence-corrected chi connectivity index (χ1v) is 8.43. The number of rotatable bonds is 5. The monoisotopic (exact) mass is 317 g/mol. The number of hydrogen-bond donors (Lipinski definition) is 1. The van der Waals surface area contributed by atoms with Crippen molar-refractivity contribution in [2.24, 2.45) is 5.92 Å². The molecule has 0 aliphatic heterocycles. The lowest BCUT2D eigenvalue weighted by Gasteiger charge is -2.10. The van der Waals surface area contributed by atoms with Crippen molar-refractivity contribution >= 4 is 22.3 Å².